The molecular weight excluding hydrogens is 314 g/mol. The summed E-state index contributed by atoms with van der Waals surface area (Å²) in [5.74, 6) is 0.619. The van der Waals surface area contributed by atoms with Crippen molar-refractivity contribution in [3.05, 3.63) is 60.4 Å². The van der Waals surface area contributed by atoms with Gasteiger partial charge in [0.05, 0.1) is 18.3 Å². The number of hydrogen-bond acceptors (Lipinski definition) is 4. The van der Waals surface area contributed by atoms with Crippen molar-refractivity contribution in [2.24, 2.45) is 0 Å². The van der Waals surface area contributed by atoms with Gasteiger partial charge in [-0.15, -0.1) is 0 Å². The highest BCUT2D eigenvalue weighted by Crippen LogP contribution is 2.21. The lowest BCUT2D eigenvalue weighted by Crippen LogP contribution is -2.25. The van der Waals surface area contributed by atoms with E-state index in [1.54, 1.807) is 18.4 Å². The van der Waals surface area contributed by atoms with E-state index in [4.69, 9.17) is 9.15 Å². The molecule has 0 aliphatic carbocycles. The van der Waals surface area contributed by atoms with Gasteiger partial charge in [0.25, 0.3) is 0 Å². The lowest BCUT2D eigenvalue weighted by molar-refractivity contribution is 0.414. The first-order valence-corrected chi connectivity index (χ1v) is 8.67. The van der Waals surface area contributed by atoms with Gasteiger partial charge in [-0.1, -0.05) is 18.2 Å². The molecule has 0 aliphatic rings. The number of sulfonamides is 1. The van der Waals surface area contributed by atoms with Gasteiger partial charge < -0.3 is 9.15 Å². The minimum absolute atomic E-state index is 0.218. The number of methoxy groups -OCH3 is 1. The number of nitrogens with one attached hydrogen (secondary N) is 1. The van der Waals surface area contributed by atoms with Gasteiger partial charge >= 0.3 is 0 Å². The lowest BCUT2D eigenvalue weighted by Gasteiger charge is -2.07. The van der Waals surface area contributed by atoms with E-state index in [-0.39, 0.29) is 4.90 Å². The molecule has 3 aromatic rings. The molecule has 2 aromatic carbocycles. The topological polar surface area (TPSA) is 68.5 Å². The van der Waals surface area contributed by atoms with Crippen molar-refractivity contribution in [1.29, 1.82) is 0 Å². The van der Waals surface area contributed by atoms with Crippen molar-refractivity contribution in [3.63, 3.8) is 0 Å². The molecule has 0 fully saturated rings. The van der Waals surface area contributed by atoms with Crippen LogP contribution in [0.15, 0.2) is 64.1 Å². The normalized spacial score (nSPS) is 11.7. The van der Waals surface area contributed by atoms with Gasteiger partial charge in [-0.05, 0) is 42.3 Å². The van der Waals surface area contributed by atoms with E-state index in [0.29, 0.717) is 18.7 Å². The van der Waals surface area contributed by atoms with E-state index < -0.39 is 10.0 Å². The molecule has 5 nitrogen and oxygen atoms in total. The molecule has 0 saturated heterocycles. The van der Waals surface area contributed by atoms with Crippen LogP contribution in [0.25, 0.3) is 11.0 Å². The summed E-state index contributed by atoms with van der Waals surface area (Å²) in [5.41, 5.74) is 1.79. The first kappa shape index (κ1) is 15.6. The maximum Gasteiger partial charge on any atom is 0.240 e. The summed E-state index contributed by atoms with van der Waals surface area (Å²) in [6.45, 7) is 0.303. The standard InChI is InChI=1S/C17H17NO4S/c1-21-14-6-8-15(9-7-14)23(19,20)18-11-10-13-12-22-17-5-3-2-4-16(13)17/h2-9,12,18H,10-11H2,1H3. The highest BCUT2D eigenvalue weighted by Gasteiger charge is 2.14. The second-order valence-electron chi connectivity index (χ2n) is 5.08. The third kappa shape index (κ3) is 3.38. The summed E-state index contributed by atoms with van der Waals surface area (Å²) in [7, 11) is -1.99. The maximum absolute atomic E-state index is 12.2. The van der Waals surface area contributed by atoms with Crippen LogP contribution >= 0.6 is 0 Å². The van der Waals surface area contributed by atoms with Gasteiger partial charge in [-0.25, -0.2) is 13.1 Å². The van der Waals surface area contributed by atoms with E-state index in [0.717, 1.165) is 16.5 Å². The Morgan fingerprint density at radius 2 is 1.83 bits per heavy atom. The van der Waals surface area contributed by atoms with Crippen molar-refractivity contribution in [3.8, 4) is 5.75 Å². The van der Waals surface area contributed by atoms with Crippen LogP contribution in [0.1, 0.15) is 5.56 Å². The van der Waals surface area contributed by atoms with Gasteiger partial charge in [-0.2, -0.15) is 0 Å². The zero-order valence-corrected chi connectivity index (χ0v) is 13.5. The average molecular weight is 331 g/mol. The van der Waals surface area contributed by atoms with Crippen molar-refractivity contribution < 1.29 is 17.6 Å². The number of para-hydroxylation sites is 1. The molecule has 0 amide bonds. The zero-order chi connectivity index (χ0) is 16.3. The number of benzene rings is 2. The summed E-state index contributed by atoms with van der Waals surface area (Å²) >= 11 is 0. The molecule has 0 atom stereocenters. The highest BCUT2D eigenvalue weighted by molar-refractivity contribution is 7.89. The molecule has 23 heavy (non-hydrogen) atoms. The Hall–Kier alpha value is -2.31. The fourth-order valence-electron chi connectivity index (χ4n) is 2.38. The summed E-state index contributed by atoms with van der Waals surface area (Å²) < 4.78 is 37.6. The highest BCUT2D eigenvalue weighted by atomic mass is 32.2. The van der Waals surface area contributed by atoms with E-state index in [2.05, 4.69) is 4.72 Å². The zero-order valence-electron chi connectivity index (χ0n) is 12.7. The molecule has 0 spiro atoms. The maximum atomic E-state index is 12.2. The molecule has 0 aliphatic heterocycles. The average Bonchev–Trinajstić information content (AvgIpc) is 2.98. The van der Waals surface area contributed by atoms with Crippen LogP contribution in [0.4, 0.5) is 0 Å². The monoisotopic (exact) mass is 331 g/mol. The Morgan fingerprint density at radius 1 is 1.09 bits per heavy atom. The lowest BCUT2D eigenvalue weighted by atomic mass is 10.1. The molecular formula is C17H17NO4S. The molecule has 1 heterocycles. The van der Waals surface area contributed by atoms with Crippen molar-refractivity contribution in [2.75, 3.05) is 13.7 Å². The summed E-state index contributed by atoms with van der Waals surface area (Å²) in [4.78, 5) is 0.218. The predicted octanol–water partition coefficient (Wildman–Crippen LogP) is 2.96. The Labute approximate surface area is 134 Å². The van der Waals surface area contributed by atoms with Crippen LogP contribution in [-0.2, 0) is 16.4 Å². The first-order chi connectivity index (χ1) is 11.1. The van der Waals surface area contributed by atoms with Crippen LogP contribution in [0.5, 0.6) is 5.75 Å². The van der Waals surface area contributed by atoms with Crippen molar-refractivity contribution in [2.45, 2.75) is 11.3 Å². The molecule has 0 radical (unpaired) electrons. The molecule has 120 valence electrons. The van der Waals surface area contributed by atoms with E-state index in [9.17, 15) is 8.42 Å². The van der Waals surface area contributed by atoms with Gasteiger partial charge in [-0.3, -0.25) is 0 Å². The Morgan fingerprint density at radius 3 is 2.57 bits per heavy atom. The van der Waals surface area contributed by atoms with Crippen LogP contribution in [0.2, 0.25) is 0 Å². The molecule has 1 N–H and O–H groups in total. The number of ether oxygens (including phenoxy) is 1. The van der Waals surface area contributed by atoms with E-state index >= 15 is 0 Å². The van der Waals surface area contributed by atoms with Crippen LogP contribution in [0, 0.1) is 0 Å². The number of rotatable bonds is 6. The van der Waals surface area contributed by atoms with E-state index in [1.807, 2.05) is 24.3 Å². The quantitative estimate of drug-likeness (QED) is 0.754. The van der Waals surface area contributed by atoms with Crippen LogP contribution in [-0.4, -0.2) is 22.1 Å². The number of furan rings is 1. The molecule has 0 bridgehead atoms. The van der Waals surface area contributed by atoms with Crippen molar-refractivity contribution in [1.82, 2.24) is 4.72 Å². The molecule has 1 aromatic heterocycles. The SMILES string of the molecule is COc1ccc(S(=O)(=O)NCCc2coc3ccccc23)cc1. The number of fused-ring (bicyclic) bond motifs is 1. The Bertz CT molecular complexity index is 898. The summed E-state index contributed by atoms with van der Waals surface area (Å²) in [5, 5.41) is 1.01. The fourth-order valence-corrected chi connectivity index (χ4v) is 3.42. The molecule has 3 rings (SSSR count). The summed E-state index contributed by atoms with van der Waals surface area (Å²) in [6.07, 6.45) is 2.23. The first-order valence-electron chi connectivity index (χ1n) is 7.19. The smallest absolute Gasteiger partial charge is 0.240 e. The minimum atomic E-state index is -3.53. The third-order valence-corrected chi connectivity index (χ3v) is 5.09. The Balaban J connectivity index is 1.67. The second kappa shape index (κ2) is 6.44. The third-order valence-electron chi connectivity index (χ3n) is 3.62. The van der Waals surface area contributed by atoms with E-state index in [1.165, 1.54) is 19.2 Å². The number of hydrogen-bond donors (Lipinski definition) is 1. The van der Waals surface area contributed by atoms with Crippen LogP contribution < -0.4 is 9.46 Å². The van der Waals surface area contributed by atoms with Gasteiger partial charge in [0.1, 0.15) is 11.3 Å². The van der Waals surface area contributed by atoms with Crippen molar-refractivity contribution >= 4 is 21.0 Å². The second-order valence-corrected chi connectivity index (χ2v) is 6.85. The molecule has 0 unspecified atom stereocenters. The minimum Gasteiger partial charge on any atom is -0.497 e. The van der Waals surface area contributed by atoms with Crippen LogP contribution in [0.3, 0.4) is 0 Å². The Kier molecular flexibility index (Phi) is 4.36. The van der Waals surface area contributed by atoms with Gasteiger partial charge in [0, 0.05) is 11.9 Å². The largest absolute Gasteiger partial charge is 0.497 e. The molecule has 6 heteroatoms. The predicted molar refractivity (Wildman–Crippen MR) is 88.1 cm³/mol. The fraction of sp³-hybridized carbons (Fsp3) is 0.176. The van der Waals surface area contributed by atoms with Gasteiger partial charge in [0.2, 0.25) is 10.0 Å². The summed E-state index contributed by atoms with van der Waals surface area (Å²) in [6, 6.07) is 14.0. The molecule has 0 saturated carbocycles. The van der Waals surface area contributed by atoms with Gasteiger partial charge in [0.15, 0.2) is 0 Å².